The molecule has 1 aromatic rings. The van der Waals surface area contributed by atoms with Crippen molar-refractivity contribution in [2.75, 3.05) is 26.3 Å². The van der Waals surface area contributed by atoms with Gasteiger partial charge in [0.1, 0.15) is 5.75 Å². The molecule has 1 aliphatic heterocycles. The second kappa shape index (κ2) is 6.70. The number of morpholine rings is 1. The zero-order chi connectivity index (χ0) is 13.7. The van der Waals surface area contributed by atoms with E-state index in [9.17, 15) is 5.11 Å². The number of rotatable bonds is 2. The van der Waals surface area contributed by atoms with Gasteiger partial charge in [0.05, 0.1) is 19.4 Å². The fourth-order valence-corrected chi connectivity index (χ4v) is 2.04. The van der Waals surface area contributed by atoms with Crippen LogP contribution in [0, 0.1) is 0 Å². The minimum Gasteiger partial charge on any atom is -0.507 e. The first-order valence-electron chi connectivity index (χ1n) is 5.81. The summed E-state index contributed by atoms with van der Waals surface area (Å²) < 4.78 is 5.24. The van der Waals surface area contributed by atoms with Gasteiger partial charge in [-0.1, -0.05) is 11.6 Å². The molecule has 0 bridgehead atoms. The van der Waals surface area contributed by atoms with Crippen LogP contribution in [0.2, 0.25) is 5.02 Å². The van der Waals surface area contributed by atoms with Crippen molar-refractivity contribution >= 4 is 35.1 Å². The number of nitrogens with zero attached hydrogens (tertiary/aromatic N) is 2. The Balaban J connectivity index is 1.92. The number of hydrazone groups is 1. The molecule has 0 spiro atoms. The third-order valence-electron chi connectivity index (χ3n) is 2.65. The second-order valence-electron chi connectivity index (χ2n) is 3.98. The SMILES string of the molecule is Oc1ccc(Cl)cc1/C=N/NC(=S)N1CCOCC1. The van der Waals surface area contributed by atoms with Crippen LogP contribution >= 0.6 is 23.8 Å². The molecule has 0 atom stereocenters. The van der Waals surface area contributed by atoms with Crippen LogP contribution in [-0.4, -0.2) is 47.6 Å². The Morgan fingerprint density at radius 2 is 2.21 bits per heavy atom. The van der Waals surface area contributed by atoms with Crippen molar-refractivity contribution in [3.63, 3.8) is 0 Å². The number of benzene rings is 1. The van der Waals surface area contributed by atoms with E-state index in [1.165, 1.54) is 12.3 Å². The van der Waals surface area contributed by atoms with Crippen molar-refractivity contribution in [1.29, 1.82) is 0 Å². The zero-order valence-corrected chi connectivity index (χ0v) is 11.7. The highest BCUT2D eigenvalue weighted by Crippen LogP contribution is 2.19. The van der Waals surface area contributed by atoms with Gasteiger partial charge < -0.3 is 14.7 Å². The van der Waals surface area contributed by atoms with Crippen LogP contribution in [0.3, 0.4) is 0 Å². The number of aromatic hydroxyl groups is 1. The van der Waals surface area contributed by atoms with Crippen LogP contribution in [0.4, 0.5) is 0 Å². The smallest absolute Gasteiger partial charge is 0.189 e. The zero-order valence-electron chi connectivity index (χ0n) is 10.2. The van der Waals surface area contributed by atoms with Gasteiger partial charge in [-0.05, 0) is 30.4 Å². The van der Waals surface area contributed by atoms with Gasteiger partial charge in [0.15, 0.2) is 5.11 Å². The number of halogens is 1. The number of thiocarbonyl (C=S) groups is 1. The predicted octanol–water partition coefficient (Wildman–Crippen LogP) is 1.59. The summed E-state index contributed by atoms with van der Waals surface area (Å²) in [6.45, 7) is 2.84. The molecule has 1 saturated heterocycles. The Morgan fingerprint density at radius 1 is 1.47 bits per heavy atom. The van der Waals surface area contributed by atoms with Crippen LogP contribution < -0.4 is 5.43 Å². The quantitative estimate of drug-likeness (QED) is 0.493. The molecule has 0 amide bonds. The third-order valence-corrected chi connectivity index (χ3v) is 3.24. The molecule has 0 aromatic heterocycles. The van der Waals surface area contributed by atoms with Crippen LogP contribution in [-0.2, 0) is 4.74 Å². The van der Waals surface area contributed by atoms with E-state index in [4.69, 9.17) is 28.6 Å². The Bertz CT molecular complexity index is 490. The van der Waals surface area contributed by atoms with Crippen LogP contribution in [0.25, 0.3) is 0 Å². The summed E-state index contributed by atoms with van der Waals surface area (Å²) >= 11 is 11.0. The normalized spacial score (nSPS) is 15.7. The Hall–Kier alpha value is -1.37. The van der Waals surface area contributed by atoms with Crippen molar-refractivity contribution in [3.8, 4) is 5.75 Å². The molecule has 1 aromatic carbocycles. The third kappa shape index (κ3) is 4.05. The van der Waals surface area contributed by atoms with E-state index in [1.54, 1.807) is 12.1 Å². The molecule has 1 heterocycles. The molecule has 2 rings (SSSR count). The molecule has 1 aliphatic rings. The lowest BCUT2D eigenvalue weighted by Gasteiger charge is -2.28. The summed E-state index contributed by atoms with van der Waals surface area (Å²) in [6, 6.07) is 4.75. The largest absolute Gasteiger partial charge is 0.507 e. The summed E-state index contributed by atoms with van der Waals surface area (Å²) in [6.07, 6.45) is 1.48. The summed E-state index contributed by atoms with van der Waals surface area (Å²) in [5.41, 5.74) is 3.30. The first-order chi connectivity index (χ1) is 9.16. The number of phenols is 1. The average Bonchev–Trinajstić information content (AvgIpc) is 2.43. The Kier molecular flexibility index (Phi) is 4.95. The maximum atomic E-state index is 9.61. The van der Waals surface area contributed by atoms with Crippen molar-refractivity contribution in [2.45, 2.75) is 0 Å². The van der Waals surface area contributed by atoms with Crippen LogP contribution in [0.5, 0.6) is 5.75 Å². The molecule has 0 saturated carbocycles. The number of ether oxygens (including phenoxy) is 1. The number of hydrogen-bond donors (Lipinski definition) is 2. The van der Waals surface area contributed by atoms with Crippen molar-refractivity contribution in [1.82, 2.24) is 10.3 Å². The molecule has 0 aliphatic carbocycles. The van der Waals surface area contributed by atoms with Gasteiger partial charge in [-0.25, -0.2) is 0 Å². The van der Waals surface area contributed by atoms with Gasteiger partial charge in [0.2, 0.25) is 0 Å². The maximum absolute atomic E-state index is 9.61. The average molecular weight is 300 g/mol. The highest BCUT2D eigenvalue weighted by molar-refractivity contribution is 7.80. The highest BCUT2D eigenvalue weighted by atomic mass is 35.5. The summed E-state index contributed by atoms with van der Waals surface area (Å²) in [7, 11) is 0. The second-order valence-corrected chi connectivity index (χ2v) is 4.80. The van der Waals surface area contributed by atoms with E-state index in [0.717, 1.165) is 13.1 Å². The summed E-state index contributed by atoms with van der Waals surface area (Å²) in [5.74, 6) is 0.118. The van der Waals surface area contributed by atoms with E-state index >= 15 is 0 Å². The van der Waals surface area contributed by atoms with Gasteiger partial charge in [-0.3, -0.25) is 5.43 Å². The van der Waals surface area contributed by atoms with Crippen LogP contribution in [0.15, 0.2) is 23.3 Å². The molecule has 5 nitrogen and oxygen atoms in total. The molecule has 1 fully saturated rings. The predicted molar refractivity (Wildman–Crippen MR) is 78.8 cm³/mol. The molecule has 102 valence electrons. The number of nitrogens with one attached hydrogen (secondary N) is 1. The van der Waals surface area contributed by atoms with Crippen molar-refractivity contribution < 1.29 is 9.84 Å². The lowest BCUT2D eigenvalue weighted by atomic mass is 10.2. The summed E-state index contributed by atoms with van der Waals surface area (Å²) in [5, 5.41) is 14.7. The van der Waals surface area contributed by atoms with E-state index in [1.807, 2.05) is 4.90 Å². The van der Waals surface area contributed by atoms with Gasteiger partial charge in [-0.2, -0.15) is 5.10 Å². The van der Waals surface area contributed by atoms with Crippen molar-refractivity contribution in [2.24, 2.45) is 5.10 Å². The van der Waals surface area contributed by atoms with Crippen LogP contribution in [0.1, 0.15) is 5.56 Å². The van der Waals surface area contributed by atoms with Gasteiger partial charge in [-0.15, -0.1) is 0 Å². The first-order valence-corrected chi connectivity index (χ1v) is 6.59. The lowest BCUT2D eigenvalue weighted by molar-refractivity contribution is 0.0677. The minimum atomic E-state index is 0.118. The maximum Gasteiger partial charge on any atom is 0.189 e. The molecule has 2 N–H and O–H groups in total. The number of hydrogen-bond acceptors (Lipinski definition) is 4. The van der Waals surface area contributed by atoms with E-state index in [0.29, 0.717) is 28.9 Å². The standard InChI is InChI=1S/C12H14ClN3O2S/c13-10-1-2-11(17)9(7-10)8-14-15-12(19)16-3-5-18-6-4-16/h1-2,7-8,17H,3-6H2,(H,15,19)/b14-8+. The molecular formula is C12H14ClN3O2S. The van der Waals surface area contributed by atoms with E-state index < -0.39 is 0 Å². The highest BCUT2D eigenvalue weighted by Gasteiger charge is 2.12. The lowest BCUT2D eigenvalue weighted by Crippen LogP contribution is -2.44. The monoisotopic (exact) mass is 299 g/mol. The molecule has 0 unspecified atom stereocenters. The fraction of sp³-hybridized carbons (Fsp3) is 0.333. The minimum absolute atomic E-state index is 0.118. The molecule has 7 heteroatoms. The van der Waals surface area contributed by atoms with Crippen molar-refractivity contribution in [3.05, 3.63) is 28.8 Å². The molecular weight excluding hydrogens is 286 g/mol. The van der Waals surface area contributed by atoms with Gasteiger partial charge >= 0.3 is 0 Å². The topological polar surface area (TPSA) is 57.1 Å². The van der Waals surface area contributed by atoms with Gasteiger partial charge in [0, 0.05) is 23.7 Å². The Morgan fingerprint density at radius 3 is 2.95 bits per heavy atom. The fourth-order valence-electron chi connectivity index (χ4n) is 1.62. The Labute approximate surface area is 121 Å². The molecule has 19 heavy (non-hydrogen) atoms. The first kappa shape index (κ1) is 14.0. The van der Waals surface area contributed by atoms with E-state index in [-0.39, 0.29) is 5.75 Å². The van der Waals surface area contributed by atoms with Gasteiger partial charge in [0.25, 0.3) is 0 Å². The molecule has 0 radical (unpaired) electrons. The summed E-state index contributed by atoms with van der Waals surface area (Å²) in [4.78, 5) is 1.98. The van der Waals surface area contributed by atoms with E-state index in [2.05, 4.69) is 10.5 Å². The number of phenolic OH excluding ortho intramolecular Hbond substituents is 1.